The van der Waals surface area contributed by atoms with Gasteiger partial charge in [0.05, 0.1) is 4.92 Å². The van der Waals surface area contributed by atoms with Crippen LogP contribution < -0.4 is 10.6 Å². The summed E-state index contributed by atoms with van der Waals surface area (Å²) < 4.78 is 0. The highest BCUT2D eigenvalue weighted by atomic mass is 16.6. The first-order chi connectivity index (χ1) is 8.08. The molecule has 2 rings (SSSR count). The Morgan fingerprint density at radius 2 is 2.24 bits per heavy atom. The number of benzene rings is 1. The molecule has 1 heterocycles. The molecule has 0 unspecified atom stereocenters. The van der Waals surface area contributed by atoms with Gasteiger partial charge in [-0.25, -0.2) is 0 Å². The average Bonchev–Trinajstić information content (AvgIpc) is 2.29. The minimum absolute atomic E-state index is 0.0445. The van der Waals surface area contributed by atoms with E-state index in [0.717, 1.165) is 0 Å². The lowest BCUT2D eigenvalue weighted by atomic mass is 10.1. The second-order valence-corrected chi connectivity index (χ2v) is 4.01. The fraction of sp³-hybridized carbons (Fsp3) is 0.364. The Hall–Kier alpha value is -1.95. The third kappa shape index (κ3) is 2.42. The largest absolute Gasteiger partial charge is 0.337 e. The highest BCUT2D eigenvalue weighted by Gasteiger charge is 2.21. The molecule has 0 aliphatic carbocycles. The fourth-order valence-corrected chi connectivity index (χ4v) is 1.82. The van der Waals surface area contributed by atoms with E-state index in [1.165, 1.54) is 6.07 Å². The Morgan fingerprint density at radius 3 is 2.88 bits per heavy atom. The van der Waals surface area contributed by atoms with Crippen molar-refractivity contribution >= 4 is 11.6 Å². The molecule has 17 heavy (non-hydrogen) atoms. The van der Waals surface area contributed by atoms with Gasteiger partial charge in [0.15, 0.2) is 0 Å². The highest BCUT2D eigenvalue weighted by molar-refractivity contribution is 5.77. The van der Waals surface area contributed by atoms with E-state index in [1.54, 1.807) is 19.1 Å². The summed E-state index contributed by atoms with van der Waals surface area (Å²) in [6.07, 6.45) is 0.0975. The van der Waals surface area contributed by atoms with Gasteiger partial charge in [-0.1, -0.05) is 12.1 Å². The average molecular weight is 235 g/mol. The number of carbonyl (C=O) groups excluding carboxylic acids is 1. The zero-order valence-corrected chi connectivity index (χ0v) is 9.40. The van der Waals surface area contributed by atoms with Crippen molar-refractivity contribution in [2.75, 3.05) is 6.54 Å². The van der Waals surface area contributed by atoms with Crippen molar-refractivity contribution in [3.05, 3.63) is 39.4 Å². The fourth-order valence-electron chi connectivity index (χ4n) is 1.82. The molecule has 6 nitrogen and oxygen atoms in total. The summed E-state index contributed by atoms with van der Waals surface area (Å²) in [4.78, 5) is 21.7. The summed E-state index contributed by atoms with van der Waals surface area (Å²) in [5.74, 6) is -0.0445. The molecule has 1 fully saturated rings. The number of aryl methyl sites for hydroxylation is 1. The minimum atomic E-state index is -0.413. The first-order valence-corrected chi connectivity index (χ1v) is 5.35. The van der Waals surface area contributed by atoms with Crippen LogP contribution in [0.25, 0.3) is 0 Å². The lowest BCUT2D eigenvalue weighted by molar-refractivity contribution is -0.385. The first-order valence-electron chi connectivity index (χ1n) is 5.35. The maximum Gasteiger partial charge on any atom is 0.272 e. The summed E-state index contributed by atoms with van der Waals surface area (Å²) in [5, 5.41) is 16.7. The van der Waals surface area contributed by atoms with Crippen LogP contribution in [-0.2, 0) is 4.79 Å². The summed E-state index contributed by atoms with van der Waals surface area (Å²) in [5.41, 5.74) is 1.39. The van der Waals surface area contributed by atoms with Crippen LogP contribution in [0.1, 0.15) is 23.7 Å². The van der Waals surface area contributed by atoms with E-state index in [0.29, 0.717) is 24.1 Å². The molecule has 2 N–H and O–H groups in total. The van der Waals surface area contributed by atoms with Gasteiger partial charge in [-0.15, -0.1) is 0 Å². The van der Waals surface area contributed by atoms with Crippen molar-refractivity contribution in [1.82, 2.24) is 10.6 Å². The molecule has 1 aliphatic rings. The summed E-state index contributed by atoms with van der Waals surface area (Å²) in [6.45, 7) is 2.27. The summed E-state index contributed by atoms with van der Waals surface area (Å²) >= 11 is 0. The molecule has 0 aromatic heterocycles. The van der Waals surface area contributed by atoms with Crippen LogP contribution in [-0.4, -0.2) is 17.4 Å². The zero-order chi connectivity index (χ0) is 12.4. The molecule has 90 valence electrons. The smallest absolute Gasteiger partial charge is 0.272 e. The number of carbonyl (C=O) groups is 1. The van der Waals surface area contributed by atoms with Gasteiger partial charge >= 0.3 is 0 Å². The van der Waals surface area contributed by atoms with Crippen LogP contribution in [0.15, 0.2) is 18.2 Å². The molecule has 6 heteroatoms. The van der Waals surface area contributed by atoms with Crippen molar-refractivity contribution in [2.45, 2.75) is 19.5 Å². The number of rotatable bonds is 2. The second kappa shape index (κ2) is 4.50. The Morgan fingerprint density at radius 1 is 1.47 bits per heavy atom. The molecule has 0 radical (unpaired) electrons. The van der Waals surface area contributed by atoms with Gasteiger partial charge in [-0.3, -0.25) is 20.2 Å². The summed E-state index contributed by atoms with van der Waals surface area (Å²) in [7, 11) is 0. The van der Waals surface area contributed by atoms with E-state index in [9.17, 15) is 14.9 Å². The SMILES string of the molecule is Cc1ccc([C@H]2NCCC(=O)N2)cc1[N+](=O)[O-]. The van der Waals surface area contributed by atoms with Crippen LogP contribution >= 0.6 is 0 Å². The molecule has 1 aromatic rings. The van der Waals surface area contributed by atoms with E-state index in [1.807, 2.05) is 0 Å². The lowest BCUT2D eigenvalue weighted by Gasteiger charge is -2.25. The topological polar surface area (TPSA) is 84.3 Å². The van der Waals surface area contributed by atoms with Gasteiger partial charge in [0.1, 0.15) is 6.17 Å². The van der Waals surface area contributed by atoms with E-state index in [2.05, 4.69) is 10.6 Å². The molecule has 1 saturated heterocycles. The Labute approximate surface area is 98.2 Å². The molecular formula is C11H13N3O3. The Balaban J connectivity index is 2.29. The normalized spacial score (nSPS) is 19.8. The maximum absolute atomic E-state index is 11.2. The highest BCUT2D eigenvalue weighted by Crippen LogP contribution is 2.23. The van der Waals surface area contributed by atoms with Crippen molar-refractivity contribution in [2.24, 2.45) is 0 Å². The van der Waals surface area contributed by atoms with Crippen LogP contribution in [0, 0.1) is 17.0 Å². The Kier molecular flexibility index (Phi) is 3.06. The van der Waals surface area contributed by atoms with E-state index in [4.69, 9.17) is 0 Å². The predicted octanol–water partition coefficient (Wildman–Crippen LogP) is 1.01. The quantitative estimate of drug-likeness (QED) is 0.592. The number of amides is 1. The molecule has 1 aromatic carbocycles. The maximum atomic E-state index is 11.2. The van der Waals surface area contributed by atoms with Crippen molar-refractivity contribution in [1.29, 1.82) is 0 Å². The van der Waals surface area contributed by atoms with Gasteiger partial charge in [0, 0.05) is 24.6 Å². The molecule has 0 spiro atoms. The van der Waals surface area contributed by atoms with Gasteiger partial charge in [0.25, 0.3) is 5.69 Å². The summed E-state index contributed by atoms with van der Waals surface area (Å²) in [6, 6.07) is 4.97. The number of nitrogens with one attached hydrogen (secondary N) is 2. The predicted molar refractivity (Wildman–Crippen MR) is 61.3 cm³/mol. The van der Waals surface area contributed by atoms with Gasteiger partial charge < -0.3 is 5.32 Å². The zero-order valence-electron chi connectivity index (χ0n) is 9.40. The molecule has 1 atom stereocenters. The van der Waals surface area contributed by atoms with E-state index >= 15 is 0 Å². The van der Waals surface area contributed by atoms with Crippen molar-refractivity contribution in [3.63, 3.8) is 0 Å². The van der Waals surface area contributed by atoms with Gasteiger partial charge in [-0.05, 0) is 12.5 Å². The number of nitro benzene ring substituents is 1. The van der Waals surface area contributed by atoms with Crippen molar-refractivity contribution < 1.29 is 9.72 Å². The second-order valence-electron chi connectivity index (χ2n) is 4.01. The Bertz CT molecular complexity index is 473. The van der Waals surface area contributed by atoms with Crippen LogP contribution in [0.3, 0.4) is 0 Å². The molecule has 0 saturated carbocycles. The molecular weight excluding hydrogens is 222 g/mol. The van der Waals surface area contributed by atoms with Gasteiger partial charge in [0.2, 0.25) is 5.91 Å². The number of nitro groups is 1. The molecule has 1 aliphatic heterocycles. The van der Waals surface area contributed by atoms with Crippen LogP contribution in [0.4, 0.5) is 5.69 Å². The number of hydrogen-bond acceptors (Lipinski definition) is 4. The standard InChI is InChI=1S/C11H13N3O3/c1-7-2-3-8(6-9(7)14(16)17)11-12-5-4-10(15)13-11/h2-3,6,11-12H,4-5H2,1H3,(H,13,15)/t11-/m0/s1. The first kappa shape index (κ1) is 11.5. The van der Waals surface area contributed by atoms with E-state index in [-0.39, 0.29) is 17.8 Å². The molecule has 0 bridgehead atoms. The van der Waals surface area contributed by atoms with Crippen LogP contribution in [0.2, 0.25) is 0 Å². The van der Waals surface area contributed by atoms with E-state index < -0.39 is 4.92 Å². The van der Waals surface area contributed by atoms with Crippen LogP contribution in [0.5, 0.6) is 0 Å². The third-order valence-electron chi connectivity index (χ3n) is 2.77. The molecule has 1 amide bonds. The number of hydrogen-bond donors (Lipinski definition) is 2. The third-order valence-corrected chi connectivity index (χ3v) is 2.77. The monoisotopic (exact) mass is 235 g/mol. The van der Waals surface area contributed by atoms with Gasteiger partial charge in [-0.2, -0.15) is 0 Å². The number of nitrogens with zero attached hydrogens (tertiary/aromatic N) is 1. The van der Waals surface area contributed by atoms with Crippen molar-refractivity contribution in [3.8, 4) is 0 Å². The minimum Gasteiger partial charge on any atom is -0.337 e. The lowest BCUT2D eigenvalue weighted by Crippen LogP contribution is -2.44.